The Labute approximate surface area is 96.4 Å². The van der Waals surface area contributed by atoms with Gasteiger partial charge in [-0.05, 0) is 12.2 Å². The van der Waals surface area contributed by atoms with Crippen molar-refractivity contribution in [1.29, 1.82) is 0 Å². The van der Waals surface area contributed by atoms with Gasteiger partial charge in [0.2, 0.25) is 5.91 Å². The maximum Gasteiger partial charge on any atom is 0.326 e. The highest BCUT2D eigenvalue weighted by Gasteiger charge is 2.28. The van der Waals surface area contributed by atoms with Gasteiger partial charge < -0.3 is 15.5 Å². The highest BCUT2D eigenvalue weighted by Crippen LogP contribution is 2.23. The van der Waals surface area contributed by atoms with Crippen LogP contribution in [0.2, 0.25) is 0 Å². The molecule has 0 aromatic carbocycles. The lowest BCUT2D eigenvalue weighted by molar-refractivity contribution is -0.147. The Morgan fingerprint density at radius 1 is 1.38 bits per heavy atom. The van der Waals surface area contributed by atoms with Crippen molar-refractivity contribution >= 4 is 29.6 Å². The van der Waals surface area contributed by atoms with Crippen molar-refractivity contribution in [3.8, 4) is 0 Å². The Balaban J connectivity index is 2.50. The summed E-state index contributed by atoms with van der Waals surface area (Å²) in [7, 11) is 0. The second-order valence-electron chi connectivity index (χ2n) is 3.56. The molecule has 0 saturated carbocycles. The van der Waals surface area contributed by atoms with E-state index in [0.29, 0.717) is 5.75 Å². The zero-order chi connectivity index (χ0) is 12.1. The minimum Gasteiger partial charge on any atom is -0.481 e. The topological polar surface area (TPSA) is 104 Å². The number of carbonyl (C=O) groups excluding carboxylic acids is 1. The summed E-state index contributed by atoms with van der Waals surface area (Å²) in [5.41, 5.74) is 0. The molecule has 1 aliphatic heterocycles. The van der Waals surface area contributed by atoms with E-state index in [1.807, 2.05) is 0 Å². The number of rotatable bonds is 5. The summed E-state index contributed by atoms with van der Waals surface area (Å²) in [6.45, 7) is 0. The Morgan fingerprint density at radius 3 is 2.50 bits per heavy atom. The predicted molar refractivity (Wildman–Crippen MR) is 57.3 cm³/mol. The smallest absolute Gasteiger partial charge is 0.326 e. The average molecular weight is 247 g/mol. The quantitative estimate of drug-likeness (QED) is 0.620. The molecule has 0 aromatic heterocycles. The molecule has 1 aliphatic rings. The first-order valence-corrected chi connectivity index (χ1v) is 5.99. The van der Waals surface area contributed by atoms with Crippen LogP contribution in [-0.4, -0.2) is 45.6 Å². The van der Waals surface area contributed by atoms with Gasteiger partial charge in [-0.2, -0.15) is 11.8 Å². The van der Waals surface area contributed by atoms with Crippen LogP contribution in [0.3, 0.4) is 0 Å². The summed E-state index contributed by atoms with van der Waals surface area (Å²) in [6, 6.07) is -1.34. The second-order valence-corrected chi connectivity index (χ2v) is 4.71. The number of carboxylic acid groups (broad SMARTS) is 2. The molecule has 1 fully saturated rings. The van der Waals surface area contributed by atoms with Gasteiger partial charge in [-0.15, -0.1) is 0 Å². The average Bonchev–Trinajstić information content (AvgIpc) is 2.68. The van der Waals surface area contributed by atoms with E-state index in [4.69, 9.17) is 10.2 Å². The molecule has 3 N–H and O–H groups in total. The number of carbonyl (C=O) groups is 3. The molecule has 2 atom stereocenters. The van der Waals surface area contributed by atoms with Crippen LogP contribution in [-0.2, 0) is 14.4 Å². The van der Waals surface area contributed by atoms with Gasteiger partial charge in [0.05, 0.1) is 6.42 Å². The minimum absolute atomic E-state index is 0.194. The van der Waals surface area contributed by atoms with Crippen LogP contribution in [0.4, 0.5) is 0 Å². The van der Waals surface area contributed by atoms with Crippen molar-refractivity contribution in [3.63, 3.8) is 0 Å². The molecule has 0 bridgehead atoms. The van der Waals surface area contributed by atoms with Crippen molar-refractivity contribution < 1.29 is 24.6 Å². The van der Waals surface area contributed by atoms with Crippen molar-refractivity contribution in [3.05, 3.63) is 0 Å². The van der Waals surface area contributed by atoms with Gasteiger partial charge in [0, 0.05) is 11.7 Å². The maximum atomic E-state index is 11.6. The van der Waals surface area contributed by atoms with E-state index < -0.39 is 24.4 Å². The molecule has 0 radical (unpaired) electrons. The molecule has 90 valence electrons. The normalized spacial score (nSPS) is 21.4. The van der Waals surface area contributed by atoms with E-state index in [0.717, 1.165) is 12.2 Å². The van der Waals surface area contributed by atoms with E-state index in [-0.39, 0.29) is 11.8 Å². The number of hydrogen-bond acceptors (Lipinski definition) is 4. The van der Waals surface area contributed by atoms with Crippen molar-refractivity contribution in [2.75, 3.05) is 11.5 Å². The van der Waals surface area contributed by atoms with Crippen LogP contribution in [0.25, 0.3) is 0 Å². The fourth-order valence-corrected chi connectivity index (χ4v) is 2.63. The van der Waals surface area contributed by atoms with Crippen LogP contribution in [0.15, 0.2) is 0 Å². The standard InChI is InChI=1S/C9H13NO5S/c11-7(12)3-6(9(14)15)10-8(13)5-1-2-16-4-5/h5-6H,1-4H2,(H,10,13)(H,11,12)(H,14,15). The maximum absolute atomic E-state index is 11.6. The number of carboxylic acids is 2. The lowest BCUT2D eigenvalue weighted by Gasteiger charge is -2.15. The van der Waals surface area contributed by atoms with Crippen LogP contribution in [0, 0.1) is 5.92 Å². The Hall–Kier alpha value is -1.24. The molecule has 2 unspecified atom stereocenters. The minimum atomic E-state index is -1.34. The highest BCUT2D eigenvalue weighted by molar-refractivity contribution is 7.99. The molecule has 16 heavy (non-hydrogen) atoms. The zero-order valence-corrected chi connectivity index (χ0v) is 9.33. The molecular weight excluding hydrogens is 234 g/mol. The Bertz CT molecular complexity index is 300. The first-order valence-electron chi connectivity index (χ1n) is 4.83. The summed E-state index contributed by atoms with van der Waals surface area (Å²) in [5.74, 6) is -1.56. The van der Waals surface area contributed by atoms with Gasteiger partial charge in [-0.1, -0.05) is 0 Å². The summed E-state index contributed by atoms with van der Waals surface area (Å²) in [6.07, 6.45) is 0.122. The van der Waals surface area contributed by atoms with Gasteiger partial charge in [0.25, 0.3) is 0 Å². The van der Waals surface area contributed by atoms with Gasteiger partial charge in [0.15, 0.2) is 0 Å². The molecule has 0 spiro atoms. The van der Waals surface area contributed by atoms with E-state index in [1.165, 1.54) is 0 Å². The van der Waals surface area contributed by atoms with Gasteiger partial charge in [0.1, 0.15) is 6.04 Å². The first-order chi connectivity index (χ1) is 7.50. The lowest BCUT2D eigenvalue weighted by Crippen LogP contribution is -2.44. The third-order valence-electron chi connectivity index (χ3n) is 2.29. The fourth-order valence-electron chi connectivity index (χ4n) is 1.41. The highest BCUT2D eigenvalue weighted by atomic mass is 32.2. The van der Waals surface area contributed by atoms with E-state index in [1.54, 1.807) is 11.8 Å². The number of amides is 1. The molecule has 1 heterocycles. The molecule has 6 nitrogen and oxygen atoms in total. The molecular formula is C9H13NO5S. The van der Waals surface area contributed by atoms with E-state index in [2.05, 4.69) is 5.32 Å². The predicted octanol–water partition coefficient (Wildman–Crippen LogP) is -0.216. The lowest BCUT2D eigenvalue weighted by atomic mass is 10.1. The molecule has 0 aromatic rings. The number of thioether (sulfide) groups is 1. The second kappa shape index (κ2) is 5.74. The van der Waals surface area contributed by atoms with Crippen LogP contribution in [0.5, 0.6) is 0 Å². The van der Waals surface area contributed by atoms with Gasteiger partial charge >= 0.3 is 11.9 Å². The number of nitrogens with one attached hydrogen (secondary N) is 1. The Kier molecular flexibility index (Phi) is 4.60. The zero-order valence-electron chi connectivity index (χ0n) is 8.51. The summed E-state index contributed by atoms with van der Waals surface area (Å²) in [5, 5.41) is 19.5. The van der Waals surface area contributed by atoms with Crippen LogP contribution < -0.4 is 5.32 Å². The SMILES string of the molecule is O=C(O)CC(NC(=O)C1CCSC1)C(=O)O. The molecule has 7 heteroatoms. The Morgan fingerprint density at radius 2 is 2.06 bits per heavy atom. The third kappa shape index (κ3) is 3.73. The fraction of sp³-hybridized carbons (Fsp3) is 0.667. The number of aliphatic carboxylic acids is 2. The van der Waals surface area contributed by atoms with E-state index in [9.17, 15) is 14.4 Å². The number of hydrogen-bond donors (Lipinski definition) is 3. The summed E-state index contributed by atoms with van der Waals surface area (Å²) >= 11 is 1.64. The molecule has 0 aliphatic carbocycles. The van der Waals surface area contributed by atoms with Crippen LogP contribution >= 0.6 is 11.8 Å². The summed E-state index contributed by atoms with van der Waals surface area (Å²) in [4.78, 5) is 32.7. The van der Waals surface area contributed by atoms with Crippen LogP contribution in [0.1, 0.15) is 12.8 Å². The summed E-state index contributed by atoms with van der Waals surface area (Å²) < 4.78 is 0. The first kappa shape index (κ1) is 12.8. The molecule has 1 rings (SSSR count). The molecule has 1 saturated heterocycles. The third-order valence-corrected chi connectivity index (χ3v) is 3.46. The largest absolute Gasteiger partial charge is 0.481 e. The van der Waals surface area contributed by atoms with Crippen molar-refractivity contribution in [1.82, 2.24) is 5.32 Å². The van der Waals surface area contributed by atoms with E-state index >= 15 is 0 Å². The van der Waals surface area contributed by atoms with Crippen molar-refractivity contribution in [2.24, 2.45) is 5.92 Å². The van der Waals surface area contributed by atoms with Crippen molar-refractivity contribution in [2.45, 2.75) is 18.9 Å². The molecule has 1 amide bonds. The van der Waals surface area contributed by atoms with Gasteiger partial charge in [-0.25, -0.2) is 4.79 Å². The monoisotopic (exact) mass is 247 g/mol. The van der Waals surface area contributed by atoms with Gasteiger partial charge in [-0.3, -0.25) is 9.59 Å².